The summed E-state index contributed by atoms with van der Waals surface area (Å²) in [5.41, 5.74) is 2.38. The van der Waals surface area contributed by atoms with E-state index in [1.807, 2.05) is 37.3 Å². The van der Waals surface area contributed by atoms with Gasteiger partial charge in [-0.1, -0.05) is 12.1 Å². The van der Waals surface area contributed by atoms with Gasteiger partial charge in [-0.2, -0.15) is 0 Å². The summed E-state index contributed by atoms with van der Waals surface area (Å²) in [6.07, 6.45) is 3.40. The second-order valence-corrected chi connectivity index (χ2v) is 8.04. The van der Waals surface area contributed by atoms with Crippen LogP contribution < -0.4 is 15.0 Å². The molecule has 0 radical (unpaired) electrons. The predicted octanol–water partition coefficient (Wildman–Crippen LogP) is 3.17. The number of aromatic nitrogens is 3. The molecule has 2 aromatic carbocycles. The Bertz CT molecular complexity index is 1430. The molecule has 4 aromatic rings. The van der Waals surface area contributed by atoms with E-state index in [-0.39, 0.29) is 11.5 Å². The highest BCUT2D eigenvalue weighted by atomic mass is 16.5. The van der Waals surface area contributed by atoms with E-state index in [0.29, 0.717) is 36.8 Å². The van der Waals surface area contributed by atoms with Crippen molar-refractivity contribution in [2.45, 2.75) is 20.0 Å². The van der Waals surface area contributed by atoms with Crippen LogP contribution in [-0.4, -0.2) is 45.7 Å². The van der Waals surface area contributed by atoms with E-state index in [9.17, 15) is 9.59 Å². The lowest BCUT2D eigenvalue weighted by Gasteiger charge is -2.30. The fourth-order valence-corrected chi connectivity index (χ4v) is 4.37. The molecule has 0 N–H and O–H groups in total. The Balaban J connectivity index is 1.52. The largest absolute Gasteiger partial charge is 0.497 e. The summed E-state index contributed by atoms with van der Waals surface area (Å²) in [5.74, 6) is 1.26. The minimum atomic E-state index is -0.203. The fraction of sp³-hybridized carbons (Fsp3) is 0.240. The topological polar surface area (TPSA) is 78.6 Å². The van der Waals surface area contributed by atoms with Gasteiger partial charge in [0, 0.05) is 24.8 Å². The lowest BCUT2D eigenvalue weighted by Crippen LogP contribution is -2.44. The van der Waals surface area contributed by atoms with Crippen LogP contribution in [0.25, 0.3) is 16.5 Å². The van der Waals surface area contributed by atoms with E-state index in [1.165, 1.54) is 0 Å². The molecular formula is C25H24N4O4. The van der Waals surface area contributed by atoms with E-state index in [1.54, 1.807) is 52.9 Å². The van der Waals surface area contributed by atoms with Gasteiger partial charge in [0.2, 0.25) is 0 Å². The van der Waals surface area contributed by atoms with Gasteiger partial charge in [-0.05, 0) is 48.0 Å². The molecule has 0 spiro atoms. The molecule has 33 heavy (non-hydrogen) atoms. The molecule has 5 rings (SSSR count). The van der Waals surface area contributed by atoms with Crippen LogP contribution in [0.4, 0.5) is 0 Å². The number of pyridine rings is 1. The van der Waals surface area contributed by atoms with E-state index < -0.39 is 0 Å². The number of ether oxygens (including phenoxy) is 2. The van der Waals surface area contributed by atoms with Gasteiger partial charge in [-0.3, -0.25) is 9.59 Å². The van der Waals surface area contributed by atoms with Crippen molar-refractivity contribution in [3.05, 3.63) is 82.3 Å². The molecule has 2 aromatic heterocycles. The summed E-state index contributed by atoms with van der Waals surface area (Å²) in [5, 5.41) is 2.00. The SMILES string of the molecule is COc1ccc2ccc(OC)c(CN3CCn4c(ccc(-n5cnc(C)c5)c4=O)C3=O)c2c1. The van der Waals surface area contributed by atoms with Crippen molar-refractivity contribution in [1.82, 2.24) is 19.0 Å². The summed E-state index contributed by atoms with van der Waals surface area (Å²) in [4.78, 5) is 32.4. The summed E-state index contributed by atoms with van der Waals surface area (Å²) in [6.45, 7) is 3.06. The first-order valence-electron chi connectivity index (χ1n) is 10.7. The molecule has 1 aliphatic rings. The molecule has 168 valence electrons. The van der Waals surface area contributed by atoms with Gasteiger partial charge >= 0.3 is 0 Å². The second kappa shape index (κ2) is 8.12. The van der Waals surface area contributed by atoms with Crippen molar-refractivity contribution in [1.29, 1.82) is 0 Å². The van der Waals surface area contributed by atoms with Crippen LogP contribution in [0.5, 0.6) is 11.5 Å². The van der Waals surface area contributed by atoms with Gasteiger partial charge in [-0.15, -0.1) is 0 Å². The summed E-state index contributed by atoms with van der Waals surface area (Å²) < 4.78 is 14.3. The number of benzene rings is 2. The number of imidazole rings is 1. The Kier molecular flexibility index (Phi) is 5.12. The number of nitrogens with zero attached hydrogens (tertiary/aromatic N) is 4. The van der Waals surface area contributed by atoms with Gasteiger partial charge in [-0.25, -0.2) is 4.98 Å². The number of hydrogen-bond donors (Lipinski definition) is 0. The predicted molar refractivity (Wildman–Crippen MR) is 124 cm³/mol. The van der Waals surface area contributed by atoms with Crippen LogP contribution in [0.3, 0.4) is 0 Å². The third-order valence-electron chi connectivity index (χ3n) is 6.11. The number of methoxy groups -OCH3 is 2. The molecule has 1 amide bonds. The molecular weight excluding hydrogens is 420 g/mol. The van der Waals surface area contributed by atoms with E-state index in [2.05, 4.69) is 4.98 Å². The second-order valence-electron chi connectivity index (χ2n) is 8.04. The van der Waals surface area contributed by atoms with Crippen molar-refractivity contribution in [3.63, 3.8) is 0 Å². The third kappa shape index (κ3) is 3.53. The fourth-order valence-electron chi connectivity index (χ4n) is 4.37. The molecule has 0 fully saturated rings. The summed E-state index contributed by atoms with van der Waals surface area (Å²) >= 11 is 0. The highest BCUT2D eigenvalue weighted by molar-refractivity contribution is 5.94. The maximum absolute atomic E-state index is 13.4. The molecule has 0 atom stereocenters. The Hall–Kier alpha value is -4.07. The van der Waals surface area contributed by atoms with Crippen LogP contribution >= 0.6 is 0 Å². The van der Waals surface area contributed by atoms with Crippen LogP contribution in [0.1, 0.15) is 21.7 Å². The van der Waals surface area contributed by atoms with Crippen molar-refractivity contribution in [2.75, 3.05) is 20.8 Å². The van der Waals surface area contributed by atoms with Gasteiger partial charge in [0.05, 0.1) is 32.8 Å². The van der Waals surface area contributed by atoms with Gasteiger partial charge in [0.25, 0.3) is 11.5 Å². The van der Waals surface area contributed by atoms with Crippen molar-refractivity contribution in [3.8, 4) is 17.2 Å². The number of aryl methyl sites for hydroxylation is 1. The minimum absolute atomic E-state index is 0.186. The summed E-state index contributed by atoms with van der Waals surface area (Å²) in [7, 11) is 3.25. The minimum Gasteiger partial charge on any atom is -0.497 e. The number of rotatable bonds is 5. The molecule has 3 heterocycles. The quantitative estimate of drug-likeness (QED) is 0.473. The smallest absolute Gasteiger partial charge is 0.275 e. The Morgan fingerprint density at radius 2 is 1.82 bits per heavy atom. The third-order valence-corrected chi connectivity index (χ3v) is 6.11. The maximum atomic E-state index is 13.4. The molecule has 8 heteroatoms. The Morgan fingerprint density at radius 1 is 1.00 bits per heavy atom. The number of amides is 1. The zero-order valence-electron chi connectivity index (χ0n) is 18.7. The first-order valence-corrected chi connectivity index (χ1v) is 10.7. The van der Waals surface area contributed by atoms with Gasteiger partial charge in [0.1, 0.15) is 22.9 Å². The van der Waals surface area contributed by atoms with Crippen molar-refractivity contribution < 1.29 is 14.3 Å². The lowest BCUT2D eigenvalue weighted by molar-refractivity contribution is 0.0686. The zero-order valence-corrected chi connectivity index (χ0v) is 18.7. The normalized spacial score (nSPS) is 13.3. The van der Waals surface area contributed by atoms with Crippen molar-refractivity contribution >= 4 is 16.7 Å². The van der Waals surface area contributed by atoms with Crippen LogP contribution in [0, 0.1) is 6.92 Å². The maximum Gasteiger partial charge on any atom is 0.275 e. The number of fused-ring (bicyclic) bond motifs is 2. The Labute approximate surface area is 190 Å². The van der Waals surface area contributed by atoms with Gasteiger partial charge < -0.3 is 23.5 Å². The standard InChI is InChI=1S/C25H24N4O4/c1-16-13-28(15-26-16)21-7-8-22-24(30)27(10-11-29(22)25(21)31)14-20-19-12-18(32-2)6-4-17(19)5-9-23(20)33-3/h4-9,12-13,15H,10-11,14H2,1-3H3. The number of carbonyl (C=O) groups excluding carboxylic acids is 1. The van der Waals surface area contributed by atoms with Crippen molar-refractivity contribution in [2.24, 2.45) is 0 Å². The molecule has 0 unspecified atom stereocenters. The monoisotopic (exact) mass is 444 g/mol. The molecule has 0 saturated heterocycles. The number of carbonyl (C=O) groups is 1. The highest BCUT2D eigenvalue weighted by Gasteiger charge is 2.27. The molecule has 0 saturated carbocycles. The molecule has 0 aliphatic carbocycles. The summed E-state index contributed by atoms with van der Waals surface area (Å²) in [6, 6.07) is 13.2. The van der Waals surface area contributed by atoms with Crippen LogP contribution in [0.15, 0.2) is 59.8 Å². The average molecular weight is 444 g/mol. The average Bonchev–Trinajstić information content (AvgIpc) is 3.26. The van der Waals surface area contributed by atoms with E-state index in [0.717, 1.165) is 27.8 Å². The van der Waals surface area contributed by atoms with Gasteiger partial charge in [0.15, 0.2) is 0 Å². The molecule has 0 bridgehead atoms. The number of hydrogen-bond acceptors (Lipinski definition) is 5. The first-order chi connectivity index (χ1) is 16.0. The zero-order chi connectivity index (χ0) is 23.1. The lowest BCUT2D eigenvalue weighted by atomic mass is 10.0. The van der Waals surface area contributed by atoms with Crippen LogP contribution in [-0.2, 0) is 13.1 Å². The molecule has 8 nitrogen and oxygen atoms in total. The Morgan fingerprint density at radius 3 is 2.55 bits per heavy atom. The highest BCUT2D eigenvalue weighted by Crippen LogP contribution is 2.32. The van der Waals surface area contributed by atoms with E-state index >= 15 is 0 Å². The van der Waals surface area contributed by atoms with Crippen LogP contribution in [0.2, 0.25) is 0 Å². The molecule has 1 aliphatic heterocycles. The first kappa shape index (κ1) is 20.8. The van der Waals surface area contributed by atoms with E-state index in [4.69, 9.17) is 9.47 Å².